The van der Waals surface area contributed by atoms with Crippen LogP contribution in [-0.4, -0.2) is 31.6 Å². The highest BCUT2D eigenvalue weighted by atomic mass is 32.1. The molecule has 0 bridgehead atoms. The summed E-state index contributed by atoms with van der Waals surface area (Å²) < 4.78 is 4.92. The molecule has 0 aliphatic rings. The summed E-state index contributed by atoms with van der Waals surface area (Å²) in [4.78, 5) is 23.1. The van der Waals surface area contributed by atoms with Crippen molar-refractivity contribution in [2.24, 2.45) is 5.73 Å². The molecule has 0 aliphatic carbocycles. The van der Waals surface area contributed by atoms with Gasteiger partial charge in [-0.25, -0.2) is 0 Å². The van der Waals surface area contributed by atoms with E-state index in [1.54, 1.807) is 11.3 Å². The standard InChI is InChI=1S/C12H18N2O3S/c13-11(15)9-17-7-6-14-12(16)5-1-3-10-4-2-8-18-10/h2,4,8H,1,3,5-7,9H2,(H2,13,15)(H,14,16). The van der Waals surface area contributed by atoms with Crippen LogP contribution in [0.3, 0.4) is 0 Å². The second-order valence-electron chi connectivity index (χ2n) is 3.80. The minimum absolute atomic E-state index is 0.00855. The molecule has 0 aliphatic heterocycles. The minimum atomic E-state index is -0.503. The number of carbonyl (C=O) groups excluding carboxylic acids is 2. The Labute approximate surface area is 110 Å². The average molecular weight is 270 g/mol. The highest BCUT2D eigenvalue weighted by Gasteiger charge is 2.02. The second kappa shape index (κ2) is 8.66. The first-order valence-electron chi connectivity index (χ1n) is 5.83. The number of carbonyl (C=O) groups is 2. The summed E-state index contributed by atoms with van der Waals surface area (Å²) in [6, 6.07) is 4.08. The maximum absolute atomic E-state index is 11.4. The molecular formula is C12H18N2O3S. The van der Waals surface area contributed by atoms with Gasteiger partial charge in [0.05, 0.1) is 6.61 Å². The molecule has 5 nitrogen and oxygen atoms in total. The monoisotopic (exact) mass is 270 g/mol. The van der Waals surface area contributed by atoms with Gasteiger partial charge in [-0.15, -0.1) is 11.3 Å². The van der Waals surface area contributed by atoms with Crippen LogP contribution in [0.25, 0.3) is 0 Å². The topological polar surface area (TPSA) is 81.4 Å². The van der Waals surface area contributed by atoms with E-state index in [1.807, 2.05) is 11.4 Å². The van der Waals surface area contributed by atoms with Gasteiger partial charge in [0.2, 0.25) is 11.8 Å². The van der Waals surface area contributed by atoms with Crippen molar-refractivity contribution in [3.8, 4) is 0 Å². The average Bonchev–Trinajstić information content (AvgIpc) is 2.81. The van der Waals surface area contributed by atoms with Crippen LogP contribution in [0.2, 0.25) is 0 Å². The Balaban J connectivity index is 1.95. The van der Waals surface area contributed by atoms with E-state index < -0.39 is 5.91 Å². The lowest BCUT2D eigenvalue weighted by Crippen LogP contribution is -2.28. The summed E-state index contributed by atoms with van der Waals surface area (Å²) >= 11 is 1.71. The third-order valence-corrected chi connectivity index (χ3v) is 3.16. The van der Waals surface area contributed by atoms with Crippen LogP contribution >= 0.6 is 11.3 Å². The van der Waals surface area contributed by atoms with Gasteiger partial charge in [0.15, 0.2) is 0 Å². The zero-order valence-corrected chi connectivity index (χ0v) is 11.0. The molecule has 0 fully saturated rings. The number of rotatable bonds is 9. The molecule has 100 valence electrons. The van der Waals surface area contributed by atoms with E-state index in [-0.39, 0.29) is 12.5 Å². The predicted octanol–water partition coefficient (Wildman–Crippen LogP) is 0.689. The van der Waals surface area contributed by atoms with E-state index in [9.17, 15) is 9.59 Å². The summed E-state index contributed by atoms with van der Waals surface area (Å²) in [5.41, 5.74) is 4.90. The molecule has 0 radical (unpaired) electrons. The van der Waals surface area contributed by atoms with E-state index >= 15 is 0 Å². The normalized spacial score (nSPS) is 10.2. The molecule has 1 rings (SSSR count). The summed E-state index contributed by atoms with van der Waals surface area (Å²) in [5.74, 6) is -0.494. The van der Waals surface area contributed by atoms with Crippen molar-refractivity contribution in [3.05, 3.63) is 22.4 Å². The zero-order chi connectivity index (χ0) is 13.2. The number of aryl methyl sites for hydroxylation is 1. The number of hydrogen-bond acceptors (Lipinski definition) is 4. The second-order valence-corrected chi connectivity index (χ2v) is 4.83. The van der Waals surface area contributed by atoms with Gasteiger partial charge >= 0.3 is 0 Å². The van der Waals surface area contributed by atoms with E-state index in [1.165, 1.54) is 4.88 Å². The zero-order valence-electron chi connectivity index (χ0n) is 10.2. The number of nitrogens with one attached hydrogen (secondary N) is 1. The molecule has 18 heavy (non-hydrogen) atoms. The Morgan fingerprint density at radius 3 is 2.94 bits per heavy atom. The fourth-order valence-corrected chi connectivity index (χ4v) is 2.15. The van der Waals surface area contributed by atoms with Crippen LogP contribution in [0.4, 0.5) is 0 Å². The van der Waals surface area contributed by atoms with Gasteiger partial charge in [0.25, 0.3) is 0 Å². The van der Waals surface area contributed by atoms with Crippen LogP contribution in [-0.2, 0) is 20.7 Å². The quantitative estimate of drug-likeness (QED) is 0.648. The lowest BCUT2D eigenvalue weighted by atomic mass is 10.2. The van der Waals surface area contributed by atoms with E-state index in [0.717, 1.165) is 12.8 Å². The number of primary amides is 1. The highest BCUT2D eigenvalue weighted by molar-refractivity contribution is 7.09. The highest BCUT2D eigenvalue weighted by Crippen LogP contribution is 2.11. The van der Waals surface area contributed by atoms with Crippen molar-refractivity contribution in [1.29, 1.82) is 0 Å². The van der Waals surface area contributed by atoms with E-state index in [4.69, 9.17) is 10.5 Å². The summed E-state index contributed by atoms with van der Waals surface area (Å²) in [6.07, 6.45) is 2.28. The van der Waals surface area contributed by atoms with Crippen LogP contribution in [0.5, 0.6) is 0 Å². The smallest absolute Gasteiger partial charge is 0.243 e. The van der Waals surface area contributed by atoms with Gasteiger partial charge in [0, 0.05) is 17.8 Å². The molecule has 0 unspecified atom stereocenters. The van der Waals surface area contributed by atoms with Crippen LogP contribution < -0.4 is 11.1 Å². The van der Waals surface area contributed by atoms with E-state index in [2.05, 4.69) is 11.4 Å². The van der Waals surface area contributed by atoms with Crippen molar-refractivity contribution in [2.75, 3.05) is 19.8 Å². The van der Waals surface area contributed by atoms with Crippen LogP contribution in [0.15, 0.2) is 17.5 Å². The Hall–Kier alpha value is -1.40. The maximum atomic E-state index is 11.4. The molecule has 3 N–H and O–H groups in total. The molecule has 1 aromatic rings. The van der Waals surface area contributed by atoms with Crippen molar-refractivity contribution in [2.45, 2.75) is 19.3 Å². The molecule has 0 spiro atoms. The number of amides is 2. The van der Waals surface area contributed by atoms with E-state index in [0.29, 0.717) is 19.6 Å². The van der Waals surface area contributed by atoms with Crippen LogP contribution in [0.1, 0.15) is 17.7 Å². The van der Waals surface area contributed by atoms with Gasteiger partial charge in [0.1, 0.15) is 6.61 Å². The van der Waals surface area contributed by atoms with Gasteiger partial charge in [-0.1, -0.05) is 6.07 Å². The van der Waals surface area contributed by atoms with Gasteiger partial charge in [-0.2, -0.15) is 0 Å². The first-order chi connectivity index (χ1) is 8.68. The molecule has 0 saturated heterocycles. The number of nitrogens with two attached hydrogens (primary N) is 1. The summed E-state index contributed by atoms with van der Waals surface area (Å²) in [6.45, 7) is 0.610. The lowest BCUT2D eigenvalue weighted by Gasteiger charge is -2.05. The molecule has 1 aromatic heterocycles. The number of ether oxygens (including phenoxy) is 1. The molecule has 2 amide bonds. The summed E-state index contributed by atoms with van der Waals surface area (Å²) in [5, 5.41) is 4.76. The fourth-order valence-electron chi connectivity index (χ4n) is 1.40. The first-order valence-corrected chi connectivity index (χ1v) is 6.71. The largest absolute Gasteiger partial charge is 0.370 e. The van der Waals surface area contributed by atoms with Gasteiger partial charge in [-0.05, 0) is 24.3 Å². The lowest BCUT2D eigenvalue weighted by molar-refractivity contribution is -0.122. The van der Waals surface area contributed by atoms with Crippen molar-refractivity contribution < 1.29 is 14.3 Å². The van der Waals surface area contributed by atoms with Gasteiger partial charge < -0.3 is 15.8 Å². The predicted molar refractivity (Wildman–Crippen MR) is 70.3 cm³/mol. The molecule has 0 aromatic carbocycles. The molecular weight excluding hydrogens is 252 g/mol. The summed E-state index contributed by atoms with van der Waals surface area (Å²) in [7, 11) is 0. The van der Waals surface area contributed by atoms with Crippen molar-refractivity contribution >= 4 is 23.2 Å². The Kier molecular flexibility index (Phi) is 7.05. The third kappa shape index (κ3) is 7.03. The molecule has 6 heteroatoms. The molecule has 0 saturated carbocycles. The first kappa shape index (κ1) is 14.7. The number of thiophene rings is 1. The molecule has 1 heterocycles. The fraction of sp³-hybridized carbons (Fsp3) is 0.500. The third-order valence-electron chi connectivity index (χ3n) is 2.22. The Morgan fingerprint density at radius 2 is 2.28 bits per heavy atom. The number of hydrogen-bond donors (Lipinski definition) is 2. The Bertz CT molecular complexity index is 365. The van der Waals surface area contributed by atoms with Crippen molar-refractivity contribution in [3.63, 3.8) is 0 Å². The SMILES string of the molecule is NC(=O)COCCNC(=O)CCCc1cccs1. The molecule has 0 atom stereocenters. The minimum Gasteiger partial charge on any atom is -0.370 e. The Morgan fingerprint density at radius 1 is 1.44 bits per heavy atom. The van der Waals surface area contributed by atoms with Crippen molar-refractivity contribution in [1.82, 2.24) is 5.32 Å². The van der Waals surface area contributed by atoms with Crippen LogP contribution in [0, 0.1) is 0 Å². The van der Waals surface area contributed by atoms with Gasteiger partial charge in [-0.3, -0.25) is 9.59 Å². The maximum Gasteiger partial charge on any atom is 0.243 e.